The molecule has 0 bridgehead atoms. The van der Waals surface area contributed by atoms with Crippen LogP contribution in [0.15, 0.2) is 54.6 Å². The average molecular weight is 396 g/mol. The summed E-state index contributed by atoms with van der Waals surface area (Å²) in [5, 5.41) is 0.387. The number of halogens is 2. The lowest BCUT2D eigenvalue weighted by molar-refractivity contribution is 0.100. The number of rotatable bonds is 4. The Hall–Kier alpha value is -3.38. The Balaban J connectivity index is 1.64. The molecule has 140 valence electrons. The van der Waals surface area contributed by atoms with Gasteiger partial charge in [-0.25, -0.2) is 9.37 Å². The third kappa shape index (κ3) is 3.42. The Morgan fingerprint density at radius 2 is 1.96 bits per heavy atom. The number of aryl methyl sites for hydroxylation is 1. The molecule has 1 aromatic heterocycles. The number of carbonyl (C=O) groups excluding carboxylic acids is 1. The van der Waals surface area contributed by atoms with Crippen LogP contribution < -0.4 is 10.5 Å². The van der Waals surface area contributed by atoms with Gasteiger partial charge in [0, 0.05) is 11.1 Å². The van der Waals surface area contributed by atoms with Crippen molar-refractivity contribution in [1.82, 2.24) is 9.97 Å². The van der Waals surface area contributed by atoms with Crippen LogP contribution in [0.2, 0.25) is 5.02 Å². The van der Waals surface area contributed by atoms with Crippen molar-refractivity contribution in [3.05, 3.63) is 76.6 Å². The molecule has 5 nitrogen and oxygen atoms in total. The molecule has 4 rings (SSSR count). The number of imidazole rings is 1. The highest BCUT2D eigenvalue weighted by molar-refractivity contribution is 6.32. The van der Waals surface area contributed by atoms with Gasteiger partial charge in [-0.1, -0.05) is 11.6 Å². The maximum Gasteiger partial charge on any atom is 0.248 e. The minimum Gasteiger partial charge on any atom is -0.456 e. The molecule has 0 saturated carbocycles. The number of nitrogens with zero attached hydrogens (tertiary/aromatic N) is 1. The van der Waals surface area contributed by atoms with Crippen molar-refractivity contribution in [3.8, 4) is 22.9 Å². The van der Waals surface area contributed by atoms with E-state index in [2.05, 4.69) is 9.97 Å². The first-order valence-corrected chi connectivity index (χ1v) is 8.82. The summed E-state index contributed by atoms with van der Waals surface area (Å²) in [5.41, 5.74) is 8.36. The maximum absolute atomic E-state index is 13.4. The van der Waals surface area contributed by atoms with E-state index in [0.717, 1.165) is 5.56 Å². The number of nitrogens with two attached hydrogens (primary N) is 1. The zero-order chi connectivity index (χ0) is 19.8. The molecule has 0 spiro atoms. The fourth-order valence-electron chi connectivity index (χ4n) is 2.84. The average Bonchev–Trinajstić information content (AvgIpc) is 3.09. The molecule has 0 saturated heterocycles. The number of fused-ring (bicyclic) bond motifs is 1. The van der Waals surface area contributed by atoms with Gasteiger partial charge in [0.1, 0.15) is 23.1 Å². The maximum atomic E-state index is 13.4. The lowest BCUT2D eigenvalue weighted by atomic mass is 10.2. The Labute approximate surface area is 164 Å². The molecule has 28 heavy (non-hydrogen) atoms. The standard InChI is InChI=1S/C21H15ClFN3O2/c1-11-8-14(4-5-16(11)23)28-19-7-3-13(9-15(19)22)21-25-17-6-2-12(20(24)27)10-18(17)26-21/h2-10H,1H3,(H2,24,27)(H,25,26). The molecule has 0 aliphatic rings. The predicted molar refractivity (Wildman–Crippen MR) is 106 cm³/mol. The summed E-state index contributed by atoms with van der Waals surface area (Å²) in [4.78, 5) is 19.0. The van der Waals surface area contributed by atoms with E-state index >= 15 is 0 Å². The van der Waals surface area contributed by atoms with Crippen LogP contribution in [0.3, 0.4) is 0 Å². The highest BCUT2D eigenvalue weighted by Crippen LogP contribution is 2.33. The number of carbonyl (C=O) groups is 1. The summed E-state index contributed by atoms with van der Waals surface area (Å²) in [5.74, 6) is 0.749. The van der Waals surface area contributed by atoms with E-state index in [0.29, 0.717) is 44.5 Å². The summed E-state index contributed by atoms with van der Waals surface area (Å²) >= 11 is 6.36. The molecular formula is C21H15ClFN3O2. The molecule has 0 atom stereocenters. The van der Waals surface area contributed by atoms with E-state index in [1.807, 2.05) is 6.07 Å². The smallest absolute Gasteiger partial charge is 0.248 e. The van der Waals surface area contributed by atoms with Crippen LogP contribution in [-0.2, 0) is 0 Å². The molecule has 4 aromatic rings. The number of amides is 1. The van der Waals surface area contributed by atoms with Crippen molar-refractivity contribution in [2.45, 2.75) is 6.92 Å². The third-order valence-corrected chi connectivity index (χ3v) is 4.62. The first kappa shape index (κ1) is 18.0. The van der Waals surface area contributed by atoms with E-state index in [4.69, 9.17) is 22.1 Å². The Kier molecular flexibility index (Phi) is 4.49. The molecule has 3 aromatic carbocycles. The van der Waals surface area contributed by atoms with Crippen LogP contribution in [0.1, 0.15) is 15.9 Å². The summed E-state index contributed by atoms with van der Waals surface area (Å²) in [7, 11) is 0. The second kappa shape index (κ2) is 6.98. The van der Waals surface area contributed by atoms with Crippen LogP contribution in [0, 0.1) is 12.7 Å². The van der Waals surface area contributed by atoms with Gasteiger partial charge in [0.15, 0.2) is 0 Å². The zero-order valence-corrected chi connectivity index (χ0v) is 15.5. The van der Waals surface area contributed by atoms with Crippen molar-refractivity contribution in [3.63, 3.8) is 0 Å². The van der Waals surface area contributed by atoms with Gasteiger partial charge in [-0.05, 0) is 67.1 Å². The topological polar surface area (TPSA) is 81.0 Å². The van der Waals surface area contributed by atoms with E-state index in [1.54, 1.807) is 49.4 Å². The number of benzene rings is 3. The van der Waals surface area contributed by atoms with Gasteiger partial charge in [0.05, 0.1) is 16.1 Å². The molecule has 3 N–H and O–H groups in total. The minimum atomic E-state index is -0.501. The van der Waals surface area contributed by atoms with Gasteiger partial charge in [-0.3, -0.25) is 4.79 Å². The Morgan fingerprint density at radius 1 is 1.14 bits per heavy atom. The van der Waals surface area contributed by atoms with Crippen molar-refractivity contribution in [2.75, 3.05) is 0 Å². The number of ether oxygens (including phenoxy) is 1. The quantitative estimate of drug-likeness (QED) is 0.497. The van der Waals surface area contributed by atoms with Gasteiger partial charge in [-0.15, -0.1) is 0 Å². The van der Waals surface area contributed by atoms with E-state index in [-0.39, 0.29) is 5.82 Å². The van der Waals surface area contributed by atoms with Crippen LogP contribution in [0.4, 0.5) is 4.39 Å². The van der Waals surface area contributed by atoms with Gasteiger partial charge in [0.2, 0.25) is 5.91 Å². The molecule has 0 aliphatic heterocycles. The third-order valence-electron chi connectivity index (χ3n) is 4.33. The first-order chi connectivity index (χ1) is 13.4. The van der Waals surface area contributed by atoms with Gasteiger partial charge >= 0.3 is 0 Å². The normalized spacial score (nSPS) is 11.0. The van der Waals surface area contributed by atoms with Gasteiger partial charge in [-0.2, -0.15) is 0 Å². The molecule has 0 unspecified atom stereocenters. The lowest BCUT2D eigenvalue weighted by Crippen LogP contribution is -2.10. The number of aromatic nitrogens is 2. The number of nitrogens with one attached hydrogen (secondary N) is 1. The molecule has 0 aliphatic carbocycles. The van der Waals surface area contributed by atoms with Crippen LogP contribution in [0.5, 0.6) is 11.5 Å². The lowest BCUT2D eigenvalue weighted by Gasteiger charge is -2.09. The number of primary amides is 1. The van der Waals surface area contributed by atoms with E-state index in [9.17, 15) is 9.18 Å². The van der Waals surface area contributed by atoms with E-state index in [1.165, 1.54) is 6.07 Å². The molecule has 1 heterocycles. The number of H-pyrrole nitrogens is 1. The zero-order valence-electron chi connectivity index (χ0n) is 14.8. The van der Waals surface area contributed by atoms with Crippen molar-refractivity contribution in [2.24, 2.45) is 5.73 Å². The summed E-state index contributed by atoms with van der Waals surface area (Å²) in [6, 6.07) is 14.8. The molecule has 0 radical (unpaired) electrons. The van der Waals surface area contributed by atoms with Crippen LogP contribution >= 0.6 is 11.6 Å². The van der Waals surface area contributed by atoms with Crippen LogP contribution in [0.25, 0.3) is 22.4 Å². The van der Waals surface area contributed by atoms with Gasteiger partial charge in [0.25, 0.3) is 0 Å². The second-order valence-electron chi connectivity index (χ2n) is 6.34. The SMILES string of the molecule is Cc1cc(Oc2ccc(-c3nc4ccc(C(N)=O)cc4[nH]3)cc2Cl)ccc1F. The summed E-state index contributed by atoms with van der Waals surface area (Å²) in [6.45, 7) is 1.66. The van der Waals surface area contributed by atoms with Crippen molar-refractivity contribution >= 4 is 28.5 Å². The molecular weight excluding hydrogens is 381 g/mol. The Bertz CT molecular complexity index is 1220. The van der Waals surface area contributed by atoms with Gasteiger partial charge < -0.3 is 15.5 Å². The fraction of sp³-hybridized carbons (Fsp3) is 0.0476. The second-order valence-corrected chi connectivity index (χ2v) is 6.75. The molecule has 7 heteroatoms. The summed E-state index contributed by atoms with van der Waals surface area (Å²) in [6.07, 6.45) is 0. The number of aromatic amines is 1. The molecule has 1 amide bonds. The highest BCUT2D eigenvalue weighted by atomic mass is 35.5. The summed E-state index contributed by atoms with van der Waals surface area (Å²) < 4.78 is 19.2. The van der Waals surface area contributed by atoms with E-state index < -0.39 is 5.91 Å². The fourth-order valence-corrected chi connectivity index (χ4v) is 3.06. The first-order valence-electron chi connectivity index (χ1n) is 8.44. The number of hydrogen-bond donors (Lipinski definition) is 2. The highest BCUT2D eigenvalue weighted by Gasteiger charge is 2.11. The van der Waals surface area contributed by atoms with Crippen LogP contribution in [-0.4, -0.2) is 15.9 Å². The predicted octanol–water partition coefficient (Wildman–Crippen LogP) is 5.22. The van der Waals surface area contributed by atoms with Crippen molar-refractivity contribution in [1.29, 1.82) is 0 Å². The molecule has 0 fully saturated rings. The minimum absolute atomic E-state index is 0.293. The number of hydrogen-bond acceptors (Lipinski definition) is 3. The monoisotopic (exact) mass is 395 g/mol. The Morgan fingerprint density at radius 3 is 2.68 bits per heavy atom. The largest absolute Gasteiger partial charge is 0.456 e. The van der Waals surface area contributed by atoms with Crippen molar-refractivity contribution < 1.29 is 13.9 Å².